The zero-order valence-corrected chi connectivity index (χ0v) is 9.05. The highest BCUT2D eigenvalue weighted by atomic mass is 16.5. The predicted molar refractivity (Wildman–Crippen MR) is 60.8 cm³/mol. The van der Waals surface area contributed by atoms with Gasteiger partial charge in [-0.15, -0.1) is 0 Å². The van der Waals surface area contributed by atoms with Crippen LogP contribution in [-0.2, 0) is 4.74 Å². The van der Waals surface area contributed by atoms with Gasteiger partial charge < -0.3 is 10.1 Å². The number of para-hydroxylation sites is 1. The van der Waals surface area contributed by atoms with E-state index in [0.717, 1.165) is 26.2 Å². The first-order chi connectivity index (χ1) is 6.84. The van der Waals surface area contributed by atoms with E-state index >= 15 is 0 Å². The van der Waals surface area contributed by atoms with Gasteiger partial charge in [0.1, 0.15) is 0 Å². The number of rotatable bonds is 6. The SMILES string of the molecule is CCOCCCNc1ccccc1C. The Labute approximate surface area is 86.3 Å². The molecular formula is C12H19NO. The molecule has 0 aliphatic rings. The van der Waals surface area contributed by atoms with Crippen LogP contribution in [0.1, 0.15) is 18.9 Å². The van der Waals surface area contributed by atoms with Crippen LogP contribution in [0.5, 0.6) is 0 Å². The van der Waals surface area contributed by atoms with Crippen LogP contribution in [0.2, 0.25) is 0 Å². The monoisotopic (exact) mass is 193 g/mol. The molecule has 0 bridgehead atoms. The summed E-state index contributed by atoms with van der Waals surface area (Å²) in [5, 5.41) is 3.39. The van der Waals surface area contributed by atoms with Crippen LogP contribution in [-0.4, -0.2) is 19.8 Å². The Kier molecular flexibility index (Phi) is 5.08. The van der Waals surface area contributed by atoms with Crippen molar-refractivity contribution in [2.24, 2.45) is 0 Å². The quantitative estimate of drug-likeness (QED) is 0.701. The second-order valence-electron chi connectivity index (χ2n) is 3.29. The molecule has 0 fully saturated rings. The van der Waals surface area contributed by atoms with Crippen LogP contribution in [0.4, 0.5) is 5.69 Å². The van der Waals surface area contributed by atoms with Crippen molar-refractivity contribution in [2.75, 3.05) is 25.1 Å². The molecule has 2 nitrogen and oxygen atoms in total. The fourth-order valence-corrected chi connectivity index (χ4v) is 1.31. The molecule has 78 valence electrons. The van der Waals surface area contributed by atoms with E-state index in [1.807, 2.05) is 6.92 Å². The highest BCUT2D eigenvalue weighted by Gasteiger charge is 1.94. The molecule has 0 unspecified atom stereocenters. The predicted octanol–water partition coefficient (Wildman–Crippen LogP) is 2.83. The number of hydrogen-bond donors (Lipinski definition) is 1. The number of benzene rings is 1. The molecule has 0 radical (unpaired) electrons. The number of hydrogen-bond acceptors (Lipinski definition) is 2. The Morgan fingerprint density at radius 2 is 2.07 bits per heavy atom. The molecule has 0 atom stereocenters. The molecule has 1 aromatic rings. The zero-order valence-electron chi connectivity index (χ0n) is 9.05. The molecular weight excluding hydrogens is 174 g/mol. The molecule has 0 spiro atoms. The van der Waals surface area contributed by atoms with Crippen molar-refractivity contribution in [3.05, 3.63) is 29.8 Å². The van der Waals surface area contributed by atoms with Crippen LogP contribution in [0.25, 0.3) is 0 Å². The molecule has 1 N–H and O–H groups in total. The Balaban J connectivity index is 2.21. The lowest BCUT2D eigenvalue weighted by atomic mass is 10.2. The summed E-state index contributed by atoms with van der Waals surface area (Å²) in [5.41, 5.74) is 2.52. The summed E-state index contributed by atoms with van der Waals surface area (Å²) in [7, 11) is 0. The largest absolute Gasteiger partial charge is 0.385 e. The van der Waals surface area contributed by atoms with E-state index in [4.69, 9.17) is 4.74 Å². The lowest BCUT2D eigenvalue weighted by Crippen LogP contribution is -2.06. The maximum absolute atomic E-state index is 5.26. The average molecular weight is 193 g/mol. The highest BCUT2D eigenvalue weighted by molar-refractivity contribution is 5.49. The van der Waals surface area contributed by atoms with Gasteiger partial charge in [-0.25, -0.2) is 0 Å². The van der Waals surface area contributed by atoms with E-state index in [0.29, 0.717) is 0 Å². The first-order valence-electron chi connectivity index (χ1n) is 5.22. The van der Waals surface area contributed by atoms with Crippen molar-refractivity contribution < 1.29 is 4.74 Å². The van der Waals surface area contributed by atoms with Crippen molar-refractivity contribution in [1.82, 2.24) is 0 Å². The molecule has 2 heteroatoms. The van der Waals surface area contributed by atoms with Crippen molar-refractivity contribution in [3.63, 3.8) is 0 Å². The Bertz CT molecular complexity index is 260. The summed E-state index contributed by atoms with van der Waals surface area (Å²) < 4.78 is 5.26. The van der Waals surface area contributed by atoms with Gasteiger partial charge >= 0.3 is 0 Å². The molecule has 0 amide bonds. The molecule has 1 aromatic carbocycles. The first kappa shape index (κ1) is 11.1. The third-order valence-electron chi connectivity index (χ3n) is 2.13. The Hall–Kier alpha value is -1.02. The van der Waals surface area contributed by atoms with Crippen molar-refractivity contribution in [1.29, 1.82) is 0 Å². The summed E-state index contributed by atoms with van der Waals surface area (Å²) in [6, 6.07) is 8.33. The molecule has 0 saturated heterocycles. The molecule has 0 aromatic heterocycles. The lowest BCUT2D eigenvalue weighted by Gasteiger charge is -2.08. The van der Waals surface area contributed by atoms with E-state index in [2.05, 4.69) is 36.5 Å². The van der Waals surface area contributed by atoms with E-state index < -0.39 is 0 Å². The third-order valence-corrected chi connectivity index (χ3v) is 2.13. The van der Waals surface area contributed by atoms with Gasteiger partial charge in [0.2, 0.25) is 0 Å². The van der Waals surface area contributed by atoms with Gasteiger partial charge in [0.05, 0.1) is 0 Å². The van der Waals surface area contributed by atoms with Crippen LogP contribution in [0, 0.1) is 6.92 Å². The second kappa shape index (κ2) is 6.44. The number of ether oxygens (including phenoxy) is 1. The number of aryl methyl sites for hydroxylation is 1. The van der Waals surface area contributed by atoms with Gasteiger partial charge in [-0.2, -0.15) is 0 Å². The van der Waals surface area contributed by atoms with Crippen LogP contribution >= 0.6 is 0 Å². The van der Waals surface area contributed by atoms with Crippen LogP contribution in [0.3, 0.4) is 0 Å². The van der Waals surface area contributed by atoms with Crippen LogP contribution in [0.15, 0.2) is 24.3 Å². The molecule has 0 aliphatic carbocycles. The van der Waals surface area contributed by atoms with Crippen molar-refractivity contribution in [2.45, 2.75) is 20.3 Å². The van der Waals surface area contributed by atoms with Gasteiger partial charge in [-0.05, 0) is 31.9 Å². The van der Waals surface area contributed by atoms with Crippen LogP contribution < -0.4 is 5.32 Å². The summed E-state index contributed by atoms with van der Waals surface area (Å²) in [6.45, 7) is 6.77. The molecule has 0 aliphatic heterocycles. The Morgan fingerprint density at radius 3 is 2.79 bits per heavy atom. The fraction of sp³-hybridized carbons (Fsp3) is 0.500. The number of anilines is 1. The van der Waals surface area contributed by atoms with E-state index in [9.17, 15) is 0 Å². The van der Waals surface area contributed by atoms with Crippen molar-refractivity contribution in [3.8, 4) is 0 Å². The molecule has 0 saturated carbocycles. The van der Waals surface area contributed by atoms with E-state index in [-0.39, 0.29) is 0 Å². The number of nitrogens with one attached hydrogen (secondary N) is 1. The lowest BCUT2D eigenvalue weighted by molar-refractivity contribution is 0.147. The highest BCUT2D eigenvalue weighted by Crippen LogP contribution is 2.12. The average Bonchev–Trinajstić information content (AvgIpc) is 2.20. The standard InChI is InChI=1S/C12H19NO/c1-3-14-10-6-9-13-12-8-5-4-7-11(12)2/h4-5,7-8,13H,3,6,9-10H2,1-2H3. The smallest absolute Gasteiger partial charge is 0.0482 e. The van der Waals surface area contributed by atoms with Gasteiger partial charge in [-0.1, -0.05) is 18.2 Å². The Morgan fingerprint density at radius 1 is 1.29 bits per heavy atom. The zero-order chi connectivity index (χ0) is 10.2. The van der Waals surface area contributed by atoms with Gasteiger partial charge in [0, 0.05) is 25.4 Å². The minimum atomic E-state index is 0.810. The summed E-state index contributed by atoms with van der Waals surface area (Å²) in [5.74, 6) is 0. The minimum absolute atomic E-state index is 0.810. The van der Waals surface area contributed by atoms with E-state index in [1.54, 1.807) is 0 Å². The molecule has 0 heterocycles. The second-order valence-corrected chi connectivity index (χ2v) is 3.29. The summed E-state index contributed by atoms with van der Waals surface area (Å²) >= 11 is 0. The van der Waals surface area contributed by atoms with Gasteiger partial charge in [-0.3, -0.25) is 0 Å². The summed E-state index contributed by atoms with van der Waals surface area (Å²) in [4.78, 5) is 0. The fourth-order valence-electron chi connectivity index (χ4n) is 1.31. The maximum atomic E-state index is 5.26. The van der Waals surface area contributed by atoms with Crippen molar-refractivity contribution >= 4 is 5.69 Å². The minimum Gasteiger partial charge on any atom is -0.385 e. The topological polar surface area (TPSA) is 21.3 Å². The normalized spacial score (nSPS) is 10.1. The first-order valence-corrected chi connectivity index (χ1v) is 5.22. The molecule has 1 rings (SSSR count). The maximum Gasteiger partial charge on any atom is 0.0482 e. The molecule has 14 heavy (non-hydrogen) atoms. The van der Waals surface area contributed by atoms with Gasteiger partial charge in [0.15, 0.2) is 0 Å². The summed E-state index contributed by atoms with van der Waals surface area (Å²) in [6.07, 6.45) is 1.06. The third kappa shape index (κ3) is 3.79. The van der Waals surface area contributed by atoms with E-state index in [1.165, 1.54) is 11.3 Å². The van der Waals surface area contributed by atoms with Gasteiger partial charge in [0.25, 0.3) is 0 Å².